The standard InChI is InChI=1S/C9H10FN3/c1-2-11-9-12-7-4-3-6(10)5-8(7)13-9/h3-5H,2H2,1H3,(H2,11,12,13). The minimum Gasteiger partial charge on any atom is -0.356 e. The molecule has 0 amide bonds. The van der Waals surface area contributed by atoms with E-state index in [1.807, 2.05) is 6.92 Å². The number of fused-ring (bicyclic) bond motifs is 1. The smallest absolute Gasteiger partial charge is 0.201 e. The van der Waals surface area contributed by atoms with E-state index in [9.17, 15) is 4.39 Å². The molecule has 13 heavy (non-hydrogen) atoms. The lowest BCUT2D eigenvalue weighted by molar-refractivity contribution is 0.629. The Kier molecular flexibility index (Phi) is 1.88. The predicted octanol–water partition coefficient (Wildman–Crippen LogP) is 2.13. The predicted molar refractivity (Wildman–Crippen MR) is 50.2 cm³/mol. The molecule has 0 radical (unpaired) electrons. The fraction of sp³-hybridized carbons (Fsp3) is 0.222. The highest BCUT2D eigenvalue weighted by molar-refractivity contribution is 5.77. The molecule has 1 heterocycles. The van der Waals surface area contributed by atoms with Crippen LogP contribution in [0, 0.1) is 5.82 Å². The highest BCUT2D eigenvalue weighted by Crippen LogP contribution is 2.14. The van der Waals surface area contributed by atoms with Crippen LogP contribution in [0.15, 0.2) is 18.2 Å². The van der Waals surface area contributed by atoms with Gasteiger partial charge in [-0.25, -0.2) is 9.37 Å². The lowest BCUT2D eigenvalue weighted by Gasteiger charge is -1.93. The van der Waals surface area contributed by atoms with Crippen molar-refractivity contribution in [3.8, 4) is 0 Å². The molecular weight excluding hydrogens is 169 g/mol. The van der Waals surface area contributed by atoms with Gasteiger partial charge in [-0.1, -0.05) is 0 Å². The fourth-order valence-electron chi connectivity index (χ4n) is 1.23. The summed E-state index contributed by atoms with van der Waals surface area (Å²) in [7, 11) is 0. The molecule has 0 spiro atoms. The Morgan fingerprint density at radius 2 is 2.38 bits per heavy atom. The highest BCUT2D eigenvalue weighted by atomic mass is 19.1. The number of nitrogens with one attached hydrogen (secondary N) is 2. The van der Waals surface area contributed by atoms with Crippen LogP contribution in [0.3, 0.4) is 0 Å². The van der Waals surface area contributed by atoms with Crippen LogP contribution in [0.1, 0.15) is 6.92 Å². The van der Waals surface area contributed by atoms with E-state index < -0.39 is 0 Å². The average Bonchev–Trinajstić information content (AvgIpc) is 2.46. The summed E-state index contributed by atoms with van der Waals surface area (Å²) in [6, 6.07) is 4.49. The second kappa shape index (κ2) is 3.05. The Labute approximate surface area is 75.0 Å². The van der Waals surface area contributed by atoms with E-state index in [0.29, 0.717) is 5.95 Å². The zero-order chi connectivity index (χ0) is 9.26. The van der Waals surface area contributed by atoms with Gasteiger partial charge in [-0.2, -0.15) is 0 Å². The van der Waals surface area contributed by atoms with E-state index >= 15 is 0 Å². The summed E-state index contributed by atoms with van der Waals surface area (Å²) in [4.78, 5) is 7.19. The Balaban J connectivity index is 2.49. The van der Waals surface area contributed by atoms with Crippen molar-refractivity contribution >= 4 is 17.0 Å². The van der Waals surface area contributed by atoms with Gasteiger partial charge >= 0.3 is 0 Å². The molecule has 3 nitrogen and oxygen atoms in total. The molecule has 0 aliphatic heterocycles. The summed E-state index contributed by atoms with van der Waals surface area (Å²) >= 11 is 0. The van der Waals surface area contributed by atoms with Crippen molar-refractivity contribution in [3.63, 3.8) is 0 Å². The molecule has 1 aromatic heterocycles. The van der Waals surface area contributed by atoms with Crippen LogP contribution >= 0.6 is 0 Å². The molecule has 2 rings (SSSR count). The normalized spacial score (nSPS) is 10.6. The van der Waals surface area contributed by atoms with E-state index in [0.717, 1.165) is 17.6 Å². The van der Waals surface area contributed by atoms with Crippen LogP contribution in [-0.2, 0) is 0 Å². The van der Waals surface area contributed by atoms with Gasteiger partial charge in [0.2, 0.25) is 5.95 Å². The van der Waals surface area contributed by atoms with Crippen molar-refractivity contribution in [2.45, 2.75) is 6.92 Å². The number of hydrogen-bond donors (Lipinski definition) is 2. The Bertz CT molecular complexity index is 422. The van der Waals surface area contributed by atoms with Crippen molar-refractivity contribution in [1.29, 1.82) is 0 Å². The number of anilines is 1. The Morgan fingerprint density at radius 1 is 1.54 bits per heavy atom. The number of benzene rings is 1. The SMILES string of the molecule is CCNc1nc2ccc(F)cc2[nH]1. The first-order chi connectivity index (χ1) is 6.29. The minimum atomic E-state index is -0.251. The average molecular weight is 179 g/mol. The summed E-state index contributed by atoms with van der Waals surface area (Å²) in [5, 5.41) is 3.03. The first-order valence-corrected chi connectivity index (χ1v) is 4.18. The number of hydrogen-bond acceptors (Lipinski definition) is 2. The molecule has 0 bridgehead atoms. The summed E-state index contributed by atoms with van der Waals surface area (Å²) < 4.78 is 12.8. The summed E-state index contributed by atoms with van der Waals surface area (Å²) in [5.41, 5.74) is 1.49. The van der Waals surface area contributed by atoms with Crippen molar-refractivity contribution < 1.29 is 4.39 Å². The zero-order valence-electron chi connectivity index (χ0n) is 7.26. The largest absolute Gasteiger partial charge is 0.356 e. The van der Waals surface area contributed by atoms with E-state index in [4.69, 9.17) is 0 Å². The third-order valence-corrected chi connectivity index (χ3v) is 1.79. The van der Waals surface area contributed by atoms with Gasteiger partial charge < -0.3 is 10.3 Å². The lowest BCUT2D eigenvalue weighted by Crippen LogP contribution is -1.97. The molecule has 0 saturated heterocycles. The van der Waals surface area contributed by atoms with Crippen LogP contribution in [-0.4, -0.2) is 16.5 Å². The van der Waals surface area contributed by atoms with E-state index in [-0.39, 0.29) is 5.82 Å². The number of aromatic amines is 1. The van der Waals surface area contributed by atoms with E-state index in [1.165, 1.54) is 12.1 Å². The van der Waals surface area contributed by atoms with Crippen molar-refractivity contribution in [3.05, 3.63) is 24.0 Å². The maximum Gasteiger partial charge on any atom is 0.201 e. The molecule has 0 fully saturated rings. The number of rotatable bonds is 2. The second-order valence-corrected chi connectivity index (χ2v) is 2.78. The van der Waals surface area contributed by atoms with Gasteiger partial charge in [0.05, 0.1) is 11.0 Å². The number of H-pyrrole nitrogens is 1. The maximum atomic E-state index is 12.8. The minimum absolute atomic E-state index is 0.251. The Morgan fingerprint density at radius 3 is 3.15 bits per heavy atom. The van der Waals surface area contributed by atoms with Gasteiger partial charge in [-0.05, 0) is 25.1 Å². The number of halogens is 1. The third kappa shape index (κ3) is 1.47. The molecular formula is C9H10FN3. The van der Waals surface area contributed by atoms with Crippen LogP contribution in [0.2, 0.25) is 0 Å². The van der Waals surface area contributed by atoms with Crippen LogP contribution in [0.4, 0.5) is 10.3 Å². The van der Waals surface area contributed by atoms with Gasteiger partial charge in [-0.3, -0.25) is 0 Å². The molecule has 0 unspecified atom stereocenters. The molecule has 0 aliphatic carbocycles. The first-order valence-electron chi connectivity index (χ1n) is 4.18. The van der Waals surface area contributed by atoms with Crippen LogP contribution in [0.5, 0.6) is 0 Å². The molecule has 0 atom stereocenters. The number of nitrogens with zero attached hydrogens (tertiary/aromatic N) is 1. The summed E-state index contributed by atoms with van der Waals surface area (Å²) in [6.45, 7) is 2.77. The van der Waals surface area contributed by atoms with Crippen LogP contribution in [0.25, 0.3) is 11.0 Å². The Hall–Kier alpha value is -1.58. The second-order valence-electron chi connectivity index (χ2n) is 2.78. The highest BCUT2D eigenvalue weighted by Gasteiger charge is 2.01. The van der Waals surface area contributed by atoms with Gasteiger partial charge in [0.25, 0.3) is 0 Å². The molecule has 0 aliphatic rings. The molecule has 1 aromatic carbocycles. The van der Waals surface area contributed by atoms with Crippen LogP contribution < -0.4 is 5.32 Å². The molecule has 68 valence electrons. The summed E-state index contributed by atoms with van der Waals surface area (Å²) in [5.74, 6) is 0.433. The zero-order valence-corrected chi connectivity index (χ0v) is 7.26. The van der Waals surface area contributed by atoms with Crippen molar-refractivity contribution in [2.75, 3.05) is 11.9 Å². The number of imidazole rings is 1. The summed E-state index contributed by atoms with van der Waals surface area (Å²) in [6.07, 6.45) is 0. The molecule has 2 N–H and O–H groups in total. The fourth-order valence-corrected chi connectivity index (χ4v) is 1.23. The van der Waals surface area contributed by atoms with Gasteiger partial charge in [0.15, 0.2) is 0 Å². The van der Waals surface area contributed by atoms with Gasteiger partial charge in [-0.15, -0.1) is 0 Å². The van der Waals surface area contributed by atoms with Gasteiger partial charge in [0.1, 0.15) is 5.82 Å². The molecule has 4 heteroatoms. The first kappa shape index (κ1) is 8.04. The third-order valence-electron chi connectivity index (χ3n) is 1.79. The molecule has 2 aromatic rings. The topological polar surface area (TPSA) is 40.7 Å². The maximum absolute atomic E-state index is 12.8. The van der Waals surface area contributed by atoms with Gasteiger partial charge in [0, 0.05) is 6.54 Å². The van der Waals surface area contributed by atoms with Crippen molar-refractivity contribution in [2.24, 2.45) is 0 Å². The van der Waals surface area contributed by atoms with Crippen molar-refractivity contribution in [1.82, 2.24) is 9.97 Å². The monoisotopic (exact) mass is 179 g/mol. The lowest BCUT2D eigenvalue weighted by atomic mass is 10.3. The van der Waals surface area contributed by atoms with E-state index in [2.05, 4.69) is 15.3 Å². The quantitative estimate of drug-likeness (QED) is 0.741. The number of aromatic nitrogens is 2. The van der Waals surface area contributed by atoms with E-state index in [1.54, 1.807) is 6.07 Å². The molecule has 0 saturated carbocycles.